The second-order valence-electron chi connectivity index (χ2n) is 8.41. The Balaban J connectivity index is 1.63. The van der Waals surface area contributed by atoms with Crippen LogP contribution in [0.1, 0.15) is 44.2 Å². The van der Waals surface area contributed by atoms with Gasteiger partial charge in [-0.1, -0.05) is 19.1 Å². The average molecular weight is 401 g/mol. The van der Waals surface area contributed by atoms with Crippen LogP contribution in [0.15, 0.2) is 41.5 Å². The van der Waals surface area contributed by atoms with Crippen LogP contribution >= 0.6 is 0 Å². The van der Waals surface area contributed by atoms with Crippen molar-refractivity contribution in [2.24, 2.45) is 22.1 Å². The third-order valence-corrected chi connectivity index (χ3v) is 6.85. The number of benzene rings is 1. The number of fused-ring (bicyclic) bond motifs is 3. The second-order valence-corrected chi connectivity index (χ2v) is 8.41. The van der Waals surface area contributed by atoms with Crippen LogP contribution in [0.25, 0.3) is 11.1 Å². The predicted molar refractivity (Wildman–Crippen MR) is 109 cm³/mol. The number of nitrogens with zero attached hydrogens (tertiary/aromatic N) is 2. The molecule has 5 rings (SSSR count). The fraction of sp³-hybridized carbons (Fsp3) is 0.478. The van der Waals surface area contributed by atoms with Gasteiger partial charge >= 0.3 is 0 Å². The van der Waals surface area contributed by atoms with Gasteiger partial charge in [0.25, 0.3) is 6.02 Å². The van der Waals surface area contributed by atoms with Crippen molar-refractivity contribution in [3.63, 3.8) is 0 Å². The van der Waals surface area contributed by atoms with Crippen molar-refractivity contribution < 1.29 is 20.7 Å². The van der Waals surface area contributed by atoms with Gasteiger partial charge in [-0.25, -0.2) is 9.98 Å². The molecule has 1 aromatic carbocycles. The van der Waals surface area contributed by atoms with E-state index in [1.54, 1.807) is 24.3 Å². The van der Waals surface area contributed by atoms with E-state index in [0.29, 0.717) is 42.4 Å². The third-order valence-electron chi connectivity index (χ3n) is 6.85. The molecule has 1 aliphatic heterocycles. The zero-order valence-electron chi connectivity index (χ0n) is 21.1. The van der Waals surface area contributed by atoms with E-state index in [2.05, 4.69) is 9.98 Å². The summed E-state index contributed by atoms with van der Waals surface area (Å²) in [5.41, 5.74) is 6.16. The summed E-state index contributed by atoms with van der Waals surface area (Å²) < 4.78 is 65.5. The van der Waals surface area contributed by atoms with E-state index >= 15 is 0 Å². The summed E-state index contributed by atoms with van der Waals surface area (Å²) >= 11 is 0. The van der Waals surface area contributed by atoms with Crippen LogP contribution < -0.4 is 5.73 Å². The number of halogens is 1. The molecule has 6 heteroatoms. The number of hydrogen-bond donors (Lipinski definition) is 1. The highest BCUT2D eigenvalue weighted by Gasteiger charge is 2.62. The molecule has 3 aliphatic rings. The Morgan fingerprint density at radius 3 is 3.03 bits per heavy atom. The van der Waals surface area contributed by atoms with E-state index in [-0.39, 0.29) is 11.9 Å². The lowest BCUT2D eigenvalue weighted by atomic mass is 9.59. The van der Waals surface area contributed by atoms with Gasteiger partial charge in [-0.2, -0.15) is 4.39 Å². The predicted octanol–water partition coefficient (Wildman–Crippen LogP) is 3.81. The molecule has 2 aromatic rings. The van der Waals surface area contributed by atoms with Gasteiger partial charge in [0.2, 0.25) is 5.95 Å². The van der Waals surface area contributed by atoms with Crippen molar-refractivity contribution in [1.82, 2.24) is 4.98 Å². The van der Waals surface area contributed by atoms with E-state index in [1.807, 2.05) is 13.0 Å². The first-order valence-electron chi connectivity index (χ1n) is 12.3. The molecule has 0 unspecified atom stereocenters. The van der Waals surface area contributed by atoms with Gasteiger partial charge in [0.1, 0.15) is 12.1 Å². The summed E-state index contributed by atoms with van der Waals surface area (Å²) in [6.07, 6.45) is 2.79. The Labute approximate surface area is 177 Å². The van der Waals surface area contributed by atoms with Crippen molar-refractivity contribution in [1.29, 1.82) is 0 Å². The van der Waals surface area contributed by atoms with Gasteiger partial charge in [-0.05, 0) is 66.5 Å². The highest BCUT2D eigenvalue weighted by atomic mass is 19.1. The molecule has 29 heavy (non-hydrogen) atoms. The number of nitrogens with two attached hydrogens (primary N) is 1. The minimum atomic E-state index is -2.50. The minimum absolute atomic E-state index is 0.163. The highest BCUT2D eigenvalue weighted by Crippen LogP contribution is 2.62. The van der Waals surface area contributed by atoms with Crippen molar-refractivity contribution in [2.75, 3.05) is 13.6 Å². The number of rotatable bonds is 2. The summed E-state index contributed by atoms with van der Waals surface area (Å²) in [6.45, 7) is -0.325. The van der Waals surface area contributed by atoms with E-state index in [0.717, 1.165) is 5.56 Å². The Morgan fingerprint density at radius 1 is 1.41 bits per heavy atom. The first-order valence-corrected chi connectivity index (χ1v) is 9.84. The van der Waals surface area contributed by atoms with Crippen LogP contribution in [0.3, 0.4) is 0 Å². The lowest BCUT2D eigenvalue weighted by Crippen LogP contribution is -2.48. The molecule has 2 heterocycles. The summed E-state index contributed by atoms with van der Waals surface area (Å²) in [7, 11) is -2.50. The molecule has 2 spiro atoms. The number of amidine groups is 1. The van der Waals surface area contributed by atoms with E-state index < -0.39 is 36.6 Å². The molecule has 5 nitrogen and oxygen atoms in total. The molecule has 0 amide bonds. The topological polar surface area (TPSA) is 69.7 Å². The number of methoxy groups -OCH3 is 1. The number of hydrogen-bond acceptors (Lipinski definition) is 5. The standard InChI is InChI=1S/C23H26FN3O2/c1-14-11-22(8-7-19(14)28-2)12-16-6-5-15(17-4-3-9-26-20(17)24)10-18(16)23(22)13-29-21(25)27-23/h3-6,9-10,14,19H,7-8,11-13H2,1-2H3,(H2,25,27)/t14-,19-,22-,23+/m1/s1/i2D3,13D2. The largest absolute Gasteiger partial charge is 0.462 e. The second kappa shape index (κ2) is 6.52. The average Bonchev–Trinajstić information content (AvgIpc) is 3.14. The van der Waals surface area contributed by atoms with Crippen LogP contribution in [0.2, 0.25) is 0 Å². The maximum atomic E-state index is 14.5. The maximum absolute atomic E-state index is 14.5. The van der Waals surface area contributed by atoms with Crippen molar-refractivity contribution >= 4 is 6.02 Å². The van der Waals surface area contributed by atoms with Gasteiger partial charge < -0.3 is 15.2 Å². The third kappa shape index (κ3) is 2.61. The Bertz CT molecular complexity index is 1170. The van der Waals surface area contributed by atoms with Crippen LogP contribution in [-0.4, -0.2) is 30.7 Å². The molecule has 1 aromatic heterocycles. The van der Waals surface area contributed by atoms with E-state index in [9.17, 15) is 4.39 Å². The van der Waals surface area contributed by atoms with Crippen LogP contribution in [0.4, 0.5) is 4.39 Å². The molecule has 0 saturated heterocycles. The molecule has 0 bridgehead atoms. The molecule has 1 saturated carbocycles. The monoisotopic (exact) mass is 400 g/mol. The Morgan fingerprint density at radius 2 is 2.31 bits per heavy atom. The first-order chi connectivity index (χ1) is 15.9. The van der Waals surface area contributed by atoms with Gasteiger partial charge in [0.15, 0.2) is 0 Å². The number of aromatic nitrogens is 1. The summed E-state index contributed by atoms with van der Waals surface area (Å²) in [5, 5.41) is 0. The number of ether oxygens (including phenoxy) is 2. The number of aliphatic imine (C=N–C) groups is 1. The molecule has 2 aliphatic carbocycles. The van der Waals surface area contributed by atoms with E-state index in [4.69, 9.17) is 22.1 Å². The zero-order chi connectivity index (χ0) is 24.5. The van der Waals surface area contributed by atoms with Gasteiger partial charge in [-0.3, -0.25) is 0 Å². The lowest BCUT2D eigenvalue weighted by Gasteiger charge is -2.47. The van der Waals surface area contributed by atoms with Crippen LogP contribution in [0, 0.1) is 17.3 Å². The lowest BCUT2D eigenvalue weighted by molar-refractivity contribution is -0.0445. The fourth-order valence-electron chi connectivity index (χ4n) is 5.51. The molecule has 152 valence electrons. The first kappa shape index (κ1) is 13.7. The molecular formula is C23H26FN3O2. The Hall–Kier alpha value is -2.47. The minimum Gasteiger partial charge on any atom is -0.462 e. The van der Waals surface area contributed by atoms with Gasteiger partial charge in [0.05, 0.1) is 13.0 Å². The Kier molecular flexibility index (Phi) is 3.08. The van der Waals surface area contributed by atoms with E-state index in [1.165, 1.54) is 6.20 Å². The SMILES string of the molecule is [2H]C([2H])([2H])O[C@@H]1CC[C@]2(Cc3ccc(-c4cccnc4F)cc3[C@]23N=C(N)OC3([2H])[2H])C[C@H]1C. The summed E-state index contributed by atoms with van der Waals surface area (Å²) in [6, 6.07) is 8.48. The quantitative estimate of drug-likeness (QED) is 0.779. The normalized spacial score (nSPS) is 37.7. The van der Waals surface area contributed by atoms with Crippen molar-refractivity contribution in [3.8, 4) is 11.1 Å². The van der Waals surface area contributed by atoms with Gasteiger partial charge in [0, 0.05) is 24.2 Å². The molecule has 4 atom stereocenters. The van der Waals surface area contributed by atoms with Crippen molar-refractivity contribution in [3.05, 3.63) is 53.6 Å². The fourth-order valence-corrected chi connectivity index (χ4v) is 5.51. The highest BCUT2D eigenvalue weighted by molar-refractivity contribution is 5.76. The smallest absolute Gasteiger partial charge is 0.283 e. The van der Waals surface area contributed by atoms with Crippen LogP contribution in [-0.2, 0) is 21.4 Å². The maximum Gasteiger partial charge on any atom is 0.283 e. The molecular weight excluding hydrogens is 369 g/mol. The molecule has 2 N–H and O–H groups in total. The molecule has 0 radical (unpaired) electrons. The van der Waals surface area contributed by atoms with Gasteiger partial charge in [-0.15, -0.1) is 0 Å². The molecule has 1 fully saturated rings. The summed E-state index contributed by atoms with van der Waals surface area (Å²) in [5.74, 6) is -0.780. The summed E-state index contributed by atoms with van der Waals surface area (Å²) in [4.78, 5) is 8.35. The zero-order valence-corrected chi connectivity index (χ0v) is 16.1. The number of pyridine rings is 1. The van der Waals surface area contributed by atoms with Crippen LogP contribution in [0.5, 0.6) is 0 Å². The van der Waals surface area contributed by atoms with Crippen molar-refractivity contribution in [2.45, 2.75) is 44.2 Å².